The van der Waals surface area contributed by atoms with E-state index in [-0.39, 0.29) is 11.8 Å². The molecule has 1 heterocycles. The van der Waals surface area contributed by atoms with Gasteiger partial charge in [-0.1, -0.05) is 54.7 Å². The highest BCUT2D eigenvalue weighted by Gasteiger charge is 2.25. The van der Waals surface area contributed by atoms with Crippen molar-refractivity contribution in [3.63, 3.8) is 0 Å². The molecule has 1 saturated heterocycles. The molecular weight excluding hydrogens is 460 g/mol. The minimum atomic E-state index is -0.212. The Morgan fingerprint density at radius 1 is 1.10 bits per heavy atom. The van der Waals surface area contributed by atoms with E-state index in [1.165, 1.54) is 10.8 Å². The number of benzene rings is 3. The lowest BCUT2D eigenvalue weighted by atomic mass is 9.96. The number of carbonyl (C=O) groups excluding carboxylic acids is 1. The lowest BCUT2D eigenvalue weighted by molar-refractivity contribution is -0.122. The number of ether oxygens (including phenoxy) is 1. The molecule has 1 fully saturated rings. The van der Waals surface area contributed by atoms with Crippen molar-refractivity contribution in [1.82, 2.24) is 4.90 Å². The summed E-state index contributed by atoms with van der Waals surface area (Å²) in [4.78, 5) is 14.3. The van der Waals surface area contributed by atoms with Crippen LogP contribution < -0.4 is 10.5 Å². The van der Waals surface area contributed by atoms with Crippen molar-refractivity contribution in [2.75, 3.05) is 13.1 Å². The van der Waals surface area contributed by atoms with Crippen LogP contribution in [0, 0.1) is 5.92 Å². The minimum Gasteiger partial charge on any atom is -0.488 e. The van der Waals surface area contributed by atoms with Gasteiger partial charge >= 0.3 is 0 Å². The molecule has 3 aromatic rings. The first-order valence-corrected chi connectivity index (χ1v) is 11.2. The SMILES string of the molecule is NC(=O)C1CCN(C(=S)c2ccc(OCc3cccc4ccccc34)c(Br)c2)CC1. The zero-order valence-corrected chi connectivity index (χ0v) is 18.9. The molecule has 3 aromatic carbocycles. The van der Waals surface area contributed by atoms with E-state index in [0.717, 1.165) is 52.3 Å². The van der Waals surface area contributed by atoms with Gasteiger partial charge in [0.25, 0.3) is 0 Å². The van der Waals surface area contributed by atoms with Crippen molar-refractivity contribution in [3.8, 4) is 5.75 Å². The number of primary amides is 1. The molecular formula is C24H23BrN2O2S. The van der Waals surface area contributed by atoms with Gasteiger partial charge in [-0.3, -0.25) is 4.79 Å². The van der Waals surface area contributed by atoms with Crippen LogP contribution in [0.25, 0.3) is 10.8 Å². The van der Waals surface area contributed by atoms with E-state index in [1.807, 2.05) is 30.3 Å². The quantitative estimate of drug-likeness (QED) is 0.516. The van der Waals surface area contributed by atoms with Crippen molar-refractivity contribution in [2.24, 2.45) is 11.7 Å². The molecule has 2 N–H and O–H groups in total. The molecule has 0 bridgehead atoms. The molecule has 1 aliphatic rings. The Labute approximate surface area is 190 Å². The summed E-state index contributed by atoms with van der Waals surface area (Å²) in [6.45, 7) is 2.00. The first-order chi connectivity index (χ1) is 14.5. The monoisotopic (exact) mass is 482 g/mol. The second kappa shape index (κ2) is 9.14. The Morgan fingerprint density at radius 2 is 1.83 bits per heavy atom. The predicted octanol–water partition coefficient (Wildman–Crippen LogP) is 5.05. The molecule has 0 saturated carbocycles. The maximum absolute atomic E-state index is 11.4. The predicted molar refractivity (Wildman–Crippen MR) is 128 cm³/mol. The number of hydrogen-bond donors (Lipinski definition) is 1. The van der Waals surface area contributed by atoms with E-state index in [4.69, 9.17) is 22.7 Å². The number of thiocarbonyl (C=S) groups is 1. The Hall–Kier alpha value is -2.44. The molecule has 0 atom stereocenters. The molecule has 30 heavy (non-hydrogen) atoms. The van der Waals surface area contributed by atoms with E-state index < -0.39 is 0 Å². The molecule has 1 amide bonds. The van der Waals surface area contributed by atoms with E-state index in [2.05, 4.69) is 51.2 Å². The van der Waals surface area contributed by atoms with Gasteiger partial charge in [0.05, 0.1) is 4.47 Å². The lowest BCUT2D eigenvalue weighted by Crippen LogP contribution is -2.41. The van der Waals surface area contributed by atoms with Gasteiger partial charge in [0.15, 0.2) is 0 Å². The zero-order chi connectivity index (χ0) is 21.1. The number of halogens is 1. The summed E-state index contributed by atoms with van der Waals surface area (Å²) in [5, 5.41) is 2.41. The zero-order valence-electron chi connectivity index (χ0n) is 16.5. The van der Waals surface area contributed by atoms with Gasteiger partial charge in [0.2, 0.25) is 5.91 Å². The number of nitrogens with zero attached hydrogens (tertiary/aromatic N) is 1. The summed E-state index contributed by atoms with van der Waals surface area (Å²) in [6.07, 6.45) is 1.51. The summed E-state index contributed by atoms with van der Waals surface area (Å²) < 4.78 is 6.97. The molecule has 1 aliphatic heterocycles. The third-order valence-corrected chi connectivity index (χ3v) is 6.74. The fourth-order valence-electron chi connectivity index (χ4n) is 3.87. The van der Waals surface area contributed by atoms with Gasteiger partial charge in [-0.2, -0.15) is 0 Å². The van der Waals surface area contributed by atoms with E-state index >= 15 is 0 Å². The van der Waals surface area contributed by atoms with Crippen molar-refractivity contribution < 1.29 is 9.53 Å². The largest absolute Gasteiger partial charge is 0.488 e. The number of hydrogen-bond acceptors (Lipinski definition) is 3. The van der Waals surface area contributed by atoms with Crippen molar-refractivity contribution in [3.05, 3.63) is 76.3 Å². The smallest absolute Gasteiger partial charge is 0.220 e. The van der Waals surface area contributed by atoms with Crippen LogP contribution in [-0.4, -0.2) is 28.9 Å². The standard InChI is InChI=1S/C24H23BrN2O2S/c25-21-14-18(24(30)27-12-10-17(11-13-27)23(26)28)8-9-22(21)29-15-19-6-3-5-16-4-1-2-7-20(16)19/h1-9,14,17H,10-13,15H2,(H2,26,28). The number of piperidine rings is 1. The number of rotatable bonds is 5. The molecule has 154 valence electrons. The second-order valence-corrected chi connectivity index (χ2v) is 8.78. The van der Waals surface area contributed by atoms with Crippen molar-refractivity contribution >= 4 is 49.8 Å². The maximum Gasteiger partial charge on any atom is 0.220 e. The normalized spacial score (nSPS) is 14.6. The Morgan fingerprint density at radius 3 is 2.57 bits per heavy atom. The third-order valence-electron chi connectivity index (χ3n) is 5.63. The topological polar surface area (TPSA) is 55.6 Å². The van der Waals surface area contributed by atoms with Gasteiger partial charge in [0.1, 0.15) is 17.3 Å². The van der Waals surface area contributed by atoms with Crippen LogP contribution in [0.15, 0.2) is 65.1 Å². The molecule has 0 spiro atoms. The Bertz CT molecular complexity index is 1090. The minimum absolute atomic E-state index is 0.0411. The average molecular weight is 483 g/mol. The molecule has 0 unspecified atom stereocenters. The first-order valence-electron chi connectivity index (χ1n) is 10.0. The van der Waals surface area contributed by atoms with Crippen molar-refractivity contribution in [1.29, 1.82) is 0 Å². The average Bonchev–Trinajstić information content (AvgIpc) is 2.77. The number of nitrogens with two attached hydrogens (primary N) is 1. The molecule has 6 heteroatoms. The fourth-order valence-corrected chi connectivity index (χ4v) is 4.68. The van der Waals surface area contributed by atoms with Gasteiger partial charge in [0, 0.05) is 24.6 Å². The van der Waals surface area contributed by atoms with Crippen molar-refractivity contribution in [2.45, 2.75) is 19.4 Å². The number of carbonyl (C=O) groups is 1. The van der Waals surface area contributed by atoms with Gasteiger partial charge in [-0.05, 0) is 63.3 Å². The third kappa shape index (κ3) is 4.50. The first kappa shape index (κ1) is 20.8. The van der Waals surface area contributed by atoms with Gasteiger partial charge in [-0.25, -0.2) is 0 Å². The highest BCUT2D eigenvalue weighted by atomic mass is 79.9. The summed E-state index contributed by atoms with van der Waals surface area (Å²) in [5.41, 5.74) is 7.54. The fraction of sp³-hybridized carbons (Fsp3) is 0.250. The van der Waals surface area contributed by atoms with Crippen LogP contribution >= 0.6 is 28.1 Å². The van der Waals surface area contributed by atoms with E-state index in [9.17, 15) is 4.79 Å². The second-order valence-electron chi connectivity index (χ2n) is 7.54. The van der Waals surface area contributed by atoms with Crippen LogP contribution in [0.4, 0.5) is 0 Å². The molecule has 0 aliphatic carbocycles. The van der Waals surface area contributed by atoms with E-state index in [0.29, 0.717) is 6.61 Å². The van der Waals surface area contributed by atoms with E-state index in [1.54, 1.807) is 0 Å². The number of likely N-dealkylation sites (tertiary alicyclic amines) is 1. The molecule has 4 nitrogen and oxygen atoms in total. The van der Waals surface area contributed by atoms with Gasteiger partial charge < -0.3 is 15.4 Å². The summed E-state index contributed by atoms with van der Waals surface area (Å²) in [7, 11) is 0. The lowest BCUT2D eigenvalue weighted by Gasteiger charge is -2.32. The molecule has 0 aromatic heterocycles. The Balaban J connectivity index is 1.43. The summed E-state index contributed by atoms with van der Waals surface area (Å²) in [5.74, 6) is 0.526. The highest BCUT2D eigenvalue weighted by molar-refractivity contribution is 9.10. The van der Waals surface area contributed by atoms with Crippen LogP contribution in [0.1, 0.15) is 24.0 Å². The van der Waals surface area contributed by atoms with Crippen LogP contribution in [0.5, 0.6) is 5.75 Å². The summed E-state index contributed by atoms with van der Waals surface area (Å²) in [6, 6.07) is 20.5. The van der Waals surface area contributed by atoms with Crippen LogP contribution in [0.3, 0.4) is 0 Å². The highest BCUT2D eigenvalue weighted by Crippen LogP contribution is 2.29. The Kier molecular flexibility index (Phi) is 6.35. The maximum atomic E-state index is 11.4. The molecule has 0 radical (unpaired) electrons. The van der Waals surface area contributed by atoms with Crippen LogP contribution in [0.2, 0.25) is 0 Å². The number of fused-ring (bicyclic) bond motifs is 1. The molecule has 4 rings (SSSR count). The van der Waals surface area contributed by atoms with Crippen LogP contribution in [-0.2, 0) is 11.4 Å². The van der Waals surface area contributed by atoms with Gasteiger partial charge in [-0.15, -0.1) is 0 Å². The number of amides is 1. The summed E-state index contributed by atoms with van der Waals surface area (Å²) >= 11 is 9.32.